The molecule has 2 atom stereocenters. The number of ether oxygens (including phenoxy) is 2. The molecule has 0 N–H and O–H groups in total. The van der Waals surface area contributed by atoms with E-state index in [0.717, 1.165) is 17.7 Å². The molecule has 4 nitrogen and oxygen atoms in total. The molecule has 122 valence electrons. The van der Waals surface area contributed by atoms with Crippen molar-refractivity contribution in [3.05, 3.63) is 28.8 Å². The zero-order valence-electron chi connectivity index (χ0n) is 13.9. The third-order valence-corrected chi connectivity index (χ3v) is 3.81. The predicted octanol–water partition coefficient (Wildman–Crippen LogP) is 4.95. The average molecular weight is 326 g/mol. The lowest BCUT2D eigenvalue weighted by molar-refractivity contribution is 0.0204. The van der Waals surface area contributed by atoms with Crippen molar-refractivity contribution in [3.63, 3.8) is 0 Å². The van der Waals surface area contributed by atoms with Gasteiger partial charge in [-0.05, 0) is 63.8 Å². The number of nitrogens with zero attached hydrogens (tertiary/aromatic N) is 1. The fraction of sp³-hybridized carbons (Fsp3) is 0.588. The molecule has 0 radical (unpaired) electrons. The number of rotatable bonds is 2. The molecule has 0 aliphatic carbocycles. The van der Waals surface area contributed by atoms with Crippen LogP contribution in [0.4, 0.5) is 10.5 Å². The van der Waals surface area contributed by atoms with E-state index >= 15 is 0 Å². The fourth-order valence-electron chi connectivity index (χ4n) is 2.69. The van der Waals surface area contributed by atoms with Crippen LogP contribution in [-0.2, 0) is 9.47 Å². The second-order valence-electron chi connectivity index (χ2n) is 6.60. The summed E-state index contributed by atoms with van der Waals surface area (Å²) in [7, 11) is 0. The summed E-state index contributed by atoms with van der Waals surface area (Å²) in [5.41, 5.74) is 1.31. The lowest BCUT2D eigenvalue weighted by Crippen LogP contribution is -2.48. The smallest absolute Gasteiger partial charge is 0.416 e. The molecule has 0 aromatic heterocycles. The standard InChI is InChI=1S/C17H24ClNO3/c1-6-21-15-9-11(2)13-10-12(18)7-8-14(13)19(15)16(20)22-17(3,4)5/h7-8,10-11,15H,6,9H2,1-5H3/t11?,15-/m1/s1. The molecule has 1 amide bonds. The molecule has 0 spiro atoms. The fourth-order valence-corrected chi connectivity index (χ4v) is 2.87. The largest absolute Gasteiger partial charge is 0.443 e. The van der Waals surface area contributed by atoms with Gasteiger partial charge in [-0.1, -0.05) is 18.5 Å². The molecule has 1 aromatic rings. The first-order valence-electron chi connectivity index (χ1n) is 7.66. The van der Waals surface area contributed by atoms with Crippen molar-refractivity contribution in [2.75, 3.05) is 11.5 Å². The van der Waals surface area contributed by atoms with Gasteiger partial charge in [-0.2, -0.15) is 0 Å². The van der Waals surface area contributed by atoms with E-state index in [1.165, 1.54) is 0 Å². The van der Waals surface area contributed by atoms with Gasteiger partial charge in [0.2, 0.25) is 0 Å². The van der Waals surface area contributed by atoms with Crippen molar-refractivity contribution in [2.45, 2.75) is 58.8 Å². The Morgan fingerprint density at radius 1 is 1.41 bits per heavy atom. The molecule has 0 saturated heterocycles. The Morgan fingerprint density at radius 3 is 2.68 bits per heavy atom. The average Bonchev–Trinajstić information content (AvgIpc) is 2.38. The van der Waals surface area contributed by atoms with Gasteiger partial charge in [-0.25, -0.2) is 4.79 Å². The molecule has 1 aromatic carbocycles. The molecule has 1 aliphatic rings. The maximum absolute atomic E-state index is 12.6. The van der Waals surface area contributed by atoms with E-state index in [0.29, 0.717) is 11.6 Å². The maximum atomic E-state index is 12.6. The number of carbonyl (C=O) groups excluding carboxylic acids is 1. The predicted molar refractivity (Wildman–Crippen MR) is 88.6 cm³/mol. The molecular formula is C17H24ClNO3. The minimum atomic E-state index is -0.552. The second-order valence-corrected chi connectivity index (χ2v) is 7.04. The van der Waals surface area contributed by atoms with Crippen molar-refractivity contribution in [1.82, 2.24) is 0 Å². The number of halogens is 1. The molecule has 22 heavy (non-hydrogen) atoms. The first-order valence-corrected chi connectivity index (χ1v) is 8.04. The van der Waals surface area contributed by atoms with Gasteiger partial charge in [-0.15, -0.1) is 0 Å². The third-order valence-electron chi connectivity index (χ3n) is 3.57. The molecule has 1 heterocycles. The van der Waals surface area contributed by atoms with Crippen molar-refractivity contribution in [3.8, 4) is 0 Å². The molecular weight excluding hydrogens is 302 g/mol. The summed E-state index contributed by atoms with van der Waals surface area (Å²) in [5, 5.41) is 0.671. The van der Waals surface area contributed by atoms with Gasteiger partial charge in [0.15, 0.2) is 0 Å². The summed E-state index contributed by atoms with van der Waals surface area (Å²) in [6.45, 7) is 10.2. The Bertz CT molecular complexity index is 553. The molecule has 1 unspecified atom stereocenters. The topological polar surface area (TPSA) is 38.8 Å². The second kappa shape index (κ2) is 6.47. The van der Waals surface area contributed by atoms with E-state index in [4.69, 9.17) is 21.1 Å². The molecule has 0 bridgehead atoms. The Morgan fingerprint density at radius 2 is 2.09 bits per heavy atom. The van der Waals surface area contributed by atoms with Crippen LogP contribution in [0.15, 0.2) is 18.2 Å². The van der Waals surface area contributed by atoms with Crippen LogP contribution in [0.25, 0.3) is 0 Å². The highest BCUT2D eigenvalue weighted by atomic mass is 35.5. The Balaban J connectivity index is 2.42. The summed E-state index contributed by atoms with van der Waals surface area (Å²) in [6.07, 6.45) is 0.0189. The van der Waals surface area contributed by atoms with Crippen LogP contribution in [0.2, 0.25) is 5.02 Å². The van der Waals surface area contributed by atoms with E-state index in [1.807, 2.05) is 39.8 Å². The van der Waals surface area contributed by atoms with Crippen LogP contribution >= 0.6 is 11.6 Å². The van der Waals surface area contributed by atoms with E-state index in [-0.39, 0.29) is 18.2 Å². The highest BCUT2D eigenvalue weighted by molar-refractivity contribution is 6.30. The van der Waals surface area contributed by atoms with Crippen LogP contribution in [-0.4, -0.2) is 24.5 Å². The minimum Gasteiger partial charge on any atom is -0.443 e. The van der Waals surface area contributed by atoms with E-state index in [1.54, 1.807) is 11.0 Å². The van der Waals surface area contributed by atoms with Gasteiger partial charge in [0, 0.05) is 11.6 Å². The highest BCUT2D eigenvalue weighted by Crippen LogP contribution is 2.40. The summed E-state index contributed by atoms with van der Waals surface area (Å²) in [6, 6.07) is 5.57. The van der Waals surface area contributed by atoms with Gasteiger partial charge in [0.1, 0.15) is 11.8 Å². The van der Waals surface area contributed by atoms with Gasteiger partial charge in [-0.3, -0.25) is 4.90 Å². The van der Waals surface area contributed by atoms with Crippen molar-refractivity contribution >= 4 is 23.4 Å². The Hall–Kier alpha value is -1.26. The lowest BCUT2D eigenvalue weighted by atomic mass is 9.90. The number of benzene rings is 1. The number of anilines is 1. The maximum Gasteiger partial charge on any atom is 0.416 e. The Labute approximate surface area is 137 Å². The third kappa shape index (κ3) is 3.73. The molecule has 5 heteroatoms. The van der Waals surface area contributed by atoms with Crippen LogP contribution < -0.4 is 4.90 Å². The van der Waals surface area contributed by atoms with Gasteiger partial charge >= 0.3 is 6.09 Å². The molecule has 0 fully saturated rings. The zero-order valence-corrected chi connectivity index (χ0v) is 14.6. The first kappa shape index (κ1) is 17.1. The number of hydrogen-bond acceptors (Lipinski definition) is 3. The number of fused-ring (bicyclic) bond motifs is 1. The monoisotopic (exact) mass is 325 g/mol. The number of amides is 1. The summed E-state index contributed by atoms with van der Waals surface area (Å²) in [5.74, 6) is 0.268. The van der Waals surface area contributed by atoms with E-state index in [2.05, 4.69) is 6.92 Å². The zero-order chi connectivity index (χ0) is 16.5. The first-order chi connectivity index (χ1) is 10.2. The van der Waals surface area contributed by atoms with Gasteiger partial charge < -0.3 is 9.47 Å². The summed E-state index contributed by atoms with van der Waals surface area (Å²) >= 11 is 6.11. The molecule has 0 saturated carbocycles. The van der Waals surface area contributed by atoms with Gasteiger partial charge in [0.05, 0.1) is 5.69 Å². The number of carbonyl (C=O) groups is 1. The van der Waals surface area contributed by atoms with Crippen LogP contribution in [0.3, 0.4) is 0 Å². The molecule has 2 rings (SSSR count). The SMILES string of the molecule is CCO[C@@H]1CC(C)c2cc(Cl)ccc2N1C(=O)OC(C)(C)C. The Kier molecular flexibility index (Phi) is 5.03. The normalized spacial score (nSPS) is 21.5. The quantitative estimate of drug-likeness (QED) is 0.772. The minimum absolute atomic E-state index is 0.268. The van der Waals surface area contributed by atoms with Gasteiger partial charge in [0.25, 0.3) is 0 Å². The van der Waals surface area contributed by atoms with Crippen LogP contribution in [0.1, 0.15) is 52.5 Å². The van der Waals surface area contributed by atoms with Crippen molar-refractivity contribution in [1.29, 1.82) is 0 Å². The highest BCUT2D eigenvalue weighted by Gasteiger charge is 2.37. The van der Waals surface area contributed by atoms with Crippen LogP contribution in [0.5, 0.6) is 0 Å². The van der Waals surface area contributed by atoms with E-state index in [9.17, 15) is 4.79 Å². The van der Waals surface area contributed by atoms with Crippen molar-refractivity contribution < 1.29 is 14.3 Å². The van der Waals surface area contributed by atoms with Crippen molar-refractivity contribution in [2.24, 2.45) is 0 Å². The van der Waals surface area contributed by atoms with E-state index < -0.39 is 5.60 Å². The summed E-state index contributed by atoms with van der Waals surface area (Å²) < 4.78 is 11.3. The van der Waals surface area contributed by atoms with Crippen LogP contribution in [0, 0.1) is 0 Å². The lowest BCUT2D eigenvalue weighted by Gasteiger charge is -2.40. The summed E-state index contributed by atoms with van der Waals surface area (Å²) in [4.78, 5) is 14.3. The number of hydrogen-bond donors (Lipinski definition) is 0. The molecule has 1 aliphatic heterocycles.